The van der Waals surface area contributed by atoms with Gasteiger partial charge in [-0.3, -0.25) is 0 Å². The van der Waals surface area contributed by atoms with Crippen LogP contribution in [-0.4, -0.2) is 31.1 Å². The third kappa shape index (κ3) is 6.55. The Morgan fingerprint density at radius 3 is 2.44 bits per heavy atom. The Balaban J connectivity index is 2.13. The highest BCUT2D eigenvalue weighted by molar-refractivity contribution is 9.10. The van der Waals surface area contributed by atoms with Crippen molar-refractivity contribution >= 4 is 37.8 Å². The summed E-state index contributed by atoms with van der Waals surface area (Å²) in [7, 11) is -3.59. The van der Waals surface area contributed by atoms with Gasteiger partial charge in [-0.15, -0.1) is 0 Å². The van der Waals surface area contributed by atoms with Crippen molar-refractivity contribution in [1.29, 1.82) is 0 Å². The molecule has 0 bridgehead atoms. The number of urea groups is 1. The molecule has 2 aromatic carbocycles. The fraction of sp³-hybridized carbons (Fsp3) is 0.316. The fourth-order valence-electron chi connectivity index (χ4n) is 2.32. The molecule has 146 valence electrons. The molecular weight excluding hydrogens is 432 g/mol. The maximum Gasteiger partial charge on any atom is 0.322 e. The summed E-state index contributed by atoms with van der Waals surface area (Å²) < 4.78 is 29.3. The zero-order valence-corrected chi connectivity index (χ0v) is 17.9. The predicted molar refractivity (Wildman–Crippen MR) is 110 cm³/mol. The van der Waals surface area contributed by atoms with E-state index in [-0.39, 0.29) is 23.6 Å². The Labute approximate surface area is 168 Å². The molecule has 0 fully saturated rings. The second-order valence-corrected chi connectivity index (χ2v) is 9.01. The van der Waals surface area contributed by atoms with E-state index in [1.165, 1.54) is 6.92 Å². The van der Waals surface area contributed by atoms with Crippen LogP contribution >= 0.6 is 15.9 Å². The molecule has 0 aromatic heterocycles. The lowest BCUT2D eigenvalue weighted by atomic mass is 10.2. The maximum atomic E-state index is 12.7. The molecule has 2 rings (SSSR count). The Morgan fingerprint density at radius 1 is 1.19 bits per heavy atom. The summed E-state index contributed by atoms with van der Waals surface area (Å²) in [6, 6.07) is 13.8. The summed E-state index contributed by atoms with van der Waals surface area (Å²) in [5.74, 6) is 0.136. The van der Waals surface area contributed by atoms with Gasteiger partial charge < -0.3 is 14.4 Å². The summed E-state index contributed by atoms with van der Waals surface area (Å²) in [6.07, 6.45) is 0. The molecule has 6 nitrogen and oxygen atoms in total. The van der Waals surface area contributed by atoms with Crippen LogP contribution in [0.5, 0.6) is 5.75 Å². The Kier molecular flexibility index (Phi) is 7.26. The van der Waals surface area contributed by atoms with Crippen LogP contribution in [0.25, 0.3) is 0 Å². The molecule has 8 heteroatoms. The van der Waals surface area contributed by atoms with E-state index in [1.54, 1.807) is 23.1 Å². The van der Waals surface area contributed by atoms with E-state index in [4.69, 9.17) is 4.18 Å². The molecule has 2 amide bonds. The lowest BCUT2D eigenvalue weighted by Crippen LogP contribution is -2.39. The standard InChI is InChI=1S/C19H23BrN2O4S/c1-4-27(24,25)26-18-7-5-6-15(12-18)13-22(14(2)3)19(23)21-17-10-8-16(20)9-11-17/h5-12,14H,4,13H2,1-3H3,(H,21,23). The minimum Gasteiger partial charge on any atom is -0.382 e. The van der Waals surface area contributed by atoms with Crippen molar-refractivity contribution in [3.05, 3.63) is 58.6 Å². The number of carbonyl (C=O) groups excluding carboxylic acids is 1. The SMILES string of the molecule is CCS(=O)(=O)Oc1cccc(CN(C(=O)Nc2ccc(Br)cc2)C(C)C)c1. The molecule has 0 saturated heterocycles. The lowest BCUT2D eigenvalue weighted by Gasteiger charge is -2.27. The Hall–Kier alpha value is -2.06. The third-order valence-electron chi connectivity index (χ3n) is 3.81. The van der Waals surface area contributed by atoms with Crippen molar-refractivity contribution in [1.82, 2.24) is 4.90 Å². The summed E-state index contributed by atoms with van der Waals surface area (Å²) in [5, 5.41) is 2.87. The van der Waals surface area contributed by atoms with Crippen LogP contribution in [0.3, 0.4) is 0 Å². The number of nitrogens with zero attached hydrogens (tertiary/aromatic N) is 1. The van der Waals surface area contributed by atoms with E-state index in [0.29, 0.717) is 12.2 Å². The second-order valence-electron chi connectivity index (χ2n) is 6.24. The van der Waals surface area contributed by atoms with Gasteiger partial charge >= 0.3 is 16.1 Å². The number of benzene rings is 2. The Morgan fingerprint density at radius 2 is 1.85 bits per heavy atom. The highest BCUT2D eigenvalue weighted by Crippen LogP contribution is 2.19. The fourth-order valence-corrected chi connectivity index (χ4v) is 3.09. The molecule has 0 saturated carbocycles. The van der Waals surface area contributed by atoms with Gasteiger partial charge in [0.05, 0.1) is 5.75 Å². The van der Waals surface area contributed by atoms with E-state index in [2.05, 4.69) is 21.2 Å². The van der Waals surface area contributed by atoms with Gasteiger partial charge in [0.1, 0.15) is 5.75 Å². The van der Waals surface area contributed by atoms with Crippen molar-refractivity contribution < 1.29 is 17.4 Å². The van der Waals surface area contributed by atoms with Crippen LogP contribution in [0.15, 0.2) is 53.0 Å². The van der Waals surface area contributed by atoms with Gasteiger partial charge in [0.15, 0.2) is 0 Å². The minimum atomic E-state index is -3.59. The first-order valence-corrected chi connectivity index (χ1v) is 10.9. The molecule has 0 spiro atoms. The number of carbonyl (C=O) groups is 1. The molecule has 0 aliphatic heterocycles. The van der Waals surface area contributed by atoms with E-state index in [1.807, 2.05) is 44.2 Å². The van der Waals surface area contributed by atoms with E-state index < -0.39 is 10.1 Å². The van der Waals surface area contributed by atoms with Crippen LogP contribution in [-0.2, 0) is 16.7 Å². The van der Waals surface area contributed by atoms with Gasteiger partial charge in [-0.1, -0.05) is 28.1 Å². The Bertz CT molecular complexity index is 883. The van der Waals surface area contributed by atoms with Gasteiger partial charge in [0.2, 0.25) is 0 Å². The van der Waals surface area contributed by atoms with Gasteiger partial charge in [0.25, 0.3) is 0 Å². The number of halogens is 1. The van der Waals surface area contributed by atoms with Gasteiger partial charge in [-0.2, -0.15) is 8.42 Å². The predicted octanol–water partition coefficient (Wildman–Crippen LogP) is 4.62. The van der Waals surface area contributed by atoms with Crippen molar-refractivity contribution in [3.8, 4) is 5.75 Å². The zero-order chi connectivity index (χ0) is 20.0. The van der Waals surface area contributed by atoms with Crippen LogP contribution in [0.4, 0.5) is 10.5 Å². The number of nitrogens with one attached hydrogen (secondary N) is 1. The van der Waals surface area contributed by atoms with Crippen molar-refractivity contribution in [2.24, 2.45) is 0 Å². The zero-order valence-electron chi connectivity index (χ0n) is 15.5. The van der Waals surface area contributed by atoms with Crippen LogP contribution in [0.2, 0.25) is 0 Å². The number of amides is 2. The summed E-state index contributed by atoms with van der Waals surface area (Å²) in [5.41, 5.74) is 1.47. The molecular formula is C19H23BrN2O4S. The summed E-state index contributed by atoms with van der Waals surface area (Å²) in [6.45, 7) is 5.68. The van der Waals surface area contributed by atoms with Gasteiger partial charge in [0, 0.05) is 22.7 Å². The molecule has 0 aliphatic carbocycles. The quantitative estimate of drug-likeness (QED) is 0.619. The van der Waals surface area contributed by atoms with Crippen LogP contribution in [0.1, 0.15) is 26.3 Å². The number of hydrogen-bond acceptors (Lipinski definition) is 4. The first-order valence-electron chi connectivity index (χ1n) is 8.54. The van der Waals surface area contributed by atoms with Crippen molar-refractivity contribution in [2.45, 2.75) is 33.4 Å². The first kappa shape index (κ1) is 21.2. The molecule has 0 aliphatic rings. The van der Waals surface area contributed by atoms with Crippen LogP contribution < -0.4 is 9.50 Å². The largest absolute Gasteiger partial charge is 0.382 e. The molecule has 0 heterocycles. The molecule has 27 heavy (non-hydrogen) atoms. The van der Waals surface area contributed by atoms with Crippen LogP contribution in [0, 0.1) is 0 Å². The summed E-state index contributed by atoms with van der Waals surface area (Å²) >= 11 is 3.36. The number of rotatable bonds is 7. The van der Waals surface area contributed by atoms with Crippen molar-refractivity contribution in [2.75, 3.05) is 11.1 Å². The first-order chi connectivity index (χ1) is 12.7. The maximum absolute atomic E-state index is 12.7. The molecule has 1 N–H and O–H groups in total. The number of anilines is 1. The monoisotopic (exact) mass is 454 g/mol. The smallest absolute Gasteiger partial charge is 0.322 e. The average molecular weight is 455 g/mol. The van der Waals surface area contributed by atoms with Gasteiger partial charge in [-0.25, -0.2) is 4.79 Å². The minimum absolute atomic E-state index is 0.0515. The van der Waals surface area contributed by atoms with Crippen molar-refractivity contribution in [3.63, 3.8) is 0 Å². The van der Waals surface area contributed by atoms with E-state index in [0.717, 1.165) is 10.0 Å². The topological polar surface area (TPSA) is 75.7 Å². The second kappa shape index (κ2) is 9.23. The van der Waals surface area contributed by atoms with E-state index >= 15 is 0 Å². The average Bonchev–Trinajstić information content (AvgIpc) is 2.61. The highest BCUT2D eigenvalue weighted by atomic mass is 79.9. The van der Waals surface area contributed by atoms with E-state index in [9.17, 15) is 13.2 Å². The molecule has 0 unspecified atom stereocenters. The molecule has 2 aromatic rings. The third-order valence-corrected chi connectivity index (χ3v) is 5.49. The highest BCUT2D eigenvalue weighted by Gasteiger charge is 2.18. The number of hydrogen-bond donors (Lipinski definition) is 1. The molecule has 0 radical (unpaired) electrons. The lowest BCUT2D eigenvalue weighted by molar-refractivity contribution is 0.193. The molecule has 0 atom stereocenters. The van der Waals surface area contributed by atoms with Gasteiger partial charge in [-0.05, 0) is 62.7 Å². The normalized spacial score (nSPS) is 11.3. The summed E-state index contributed by atoms with van der Waals surface area (Å²) in [4.78, 5) is 14.3.